The van der Waals surface area contributed by atoms with Crippen LogP contribution in [0.2, 0.25) is 0 Å². The highest BCUT2D eigenvalue weighted by atomic mass is 32.2. The normalized spacial score (nSPS) is 11.3. The first-order valence-electron chi connectivity index (χ1n) is 7.30. The molecular formula is C17H21NO4S. The number of nitrogens with one attached hydrogen (secondary N) is 1. The highest BCUT2D eigenvalue weighted by Crippen LogP contribution is 2.28. The molecule has 0 saturated heterocycles. The van der Waals surface area contributed by atoms with Crippen molar-refractivity contribution in [2.75, 3.05) is 18.2 Å². The molecule has 0 unspecified atom stereocenters. The number of rotatable bonds is 6. The van der Waals surface area contributed by atoms with E-state index >= 15 is 0 Å². The summed E-state index contributed by atoms with van der Waals surface area (Å²) >= 11 is 0. The molecule has 2 rings (SSSR count). The highest BCUT2D eigenvalue weighted by Gasteiger charge is 2.14. The Labute approximate surface area is 136 Å². The zero-order chi connectivity index (χ0) is 17.0. The van der Waals surface area contributed by atoms with Crippen LogP contribution in [0.3, 0.4) is 0 Å². The van der Waals surface area contributed by atoms with Gasteiger partial charge in [0.15, 0.2) is 9.84 Å². The fraction of sp³-hybridized carbons (Fsp3) is 0.294. The third kappa shape index (κ3) is 3.96. The van der Waals surface area contributed by atoms with Crippen molar-refractivity contribution in [1.82, 2.24) is 0 Å². The van der Waals surface area contributed by atoms with E-state index < -0.39 is 9.84 Å². The van der Waals surface area contributed by atoms with E-state index in [-0.39, 0.29) is 16.4 Å². The van der Waals surface area contributed by atoms with Gasteiger partial charge in [0.05, 0.1) is 23.4 Å². The molecule has 5 nitrogen and oxygen atoms in total. The molecule has 0 aromatic heterocycles. The van der Waals surface area contributed by atoms with Crippen LogP contribution in [0.1, 0.15) is 18.1 Å². The van der Waals surface area contributed by atoms with Crippen LogP contribution >= 0.6 is 0 Å². The van der Waals surface area contributed by atoms with Gasteiger partial charge in [-0.2, -0.15) is 0 Å². The number of hydrogen-bond donors (Lipinski definition) is 2. The molecule has 0 atom stereocenters. The molecule has 0 heterocycles. The van der Waals surface area contributed by atoms with E-state index in [9.17, 15) is 13.5 Å². The maximum atomic E-state index is 11.9. The van der Waals surface area contributed by atoms with Crippen LogP contribution in [0, 0.1) is 6.92 Å². The van der Waals surface area contributed by atoms with Crippen molar-refractivity contribution in [2.24, 2.45) is 0 Å². The van der Waals surface area contributed by atoms with E-state index in [0.717, 1.165) is 16.9 Å². The molecule has 0 radical (unpaired) electrons. The molecule has 0 aliphatic carbocycles. The Balaban J connectivity index is 2.22. The maximum absolute atomic E-state index is 11.9. The van der Waals surface area contributed by atoms with E-state index in [0.29, 0.717) is 12.2 Å². The first-order valence-corrected chi connectivity index (χ1v) is 8.95. The van der Waals surface area contributed by atoms with Crippen LogP contribution in [0.15, 0.2) is 41.3 Å². The predicted molar refractivity (Wildman–Crippen MR) is 90.9 cm³/mol. The SMILES string of the molecule is CCS(=O)(=O)c1ccc(O)c(NCc2ccc(C)c(OC)c2)c1. The average molecular weight is 335 g/mol. The van der Waals surface area contributed by atoms with Crippen LogP contribution in [-0.4, -0.2) is 26.4 Å². The zero-order valence-corrected chi connectivity index (χ0v) is 14.3. The summed E-state index contributed by atoms with van der Waals surface area (Å²) in [6.45, 7) is 3.99. The molecule has 0 spiro atoms. The zero-order valence-electron chi connectivity index (χ0n) is 13.5. The summed E-state index contributed by atoms with van der Waals surface area (Å²) in [6, 6.07) is 10.1. The number of methoxy groups -OCH3 is 1. The minimum absolute atomic E-state index is 0.0131. The second-order valence-electron chi connectivity index (χ2n) is 5.24. The largest absolute Gasteiger partial charge is 0.506 e. The second-order valence-corrected chi connectivity index (χ2v) is 7.52. The summed E-state index contributed by atoms with van der Waals surface area (Å²) in [7, 11) is -1.69. The van der Waals surface area contributed by atoms with Gasteiger partial charge in [-0.05, 0) is 42.3 Å². The van der Waals surface area contributed by atoms with Crippen LogP contribution < -0.4 is 10.1 Å². The first kappa shape index (κ1) is 17.1. The Kier molecular flexibility index (Phi) is 5.15. The number of phenolic OH excluding ortho intramolecular Hbond substituents is 1. The van der Waals surface area contributed by atoms with Crippen molar-refractivity contribution >= 4 is 15.5 Å². The lowest BCUT2D eigenvalue weighted by atomic mass is 10.1. The Morgan fingerprint density at radius 2 is 1.91 bits per heavy atom. The fourth-order valence-corrected chi connectivity index (χ4v) is 3.09. The fourth-order valence-electron chi connectivity index (χ4n) is 2.19. The van der Waals surface area contributed by atoms with Gasteiger partial charge in [0.2, 0.25) is 0 Å². The Hall–Kier alpha value is -2.21. The summed E-state index contributed by atoms with van der Waals surface area (Å²) in [5.74, 6) is 0.821. The summed E-state index contributed by atoms with van der Waals surface area (Å²) < 4.78 is 29.2. The number of phenols is 1. The topological polar surface area (TPSA) is 75.6 Å². The molecule has 0 saturated carbocycles. The van der Waals surface area contributed by atoms with Gasteiger partial charge in [-0.3, -0.25) is 0 Å². The molecule has 6 heteroatoms. The Morgan fingerprint density at radius 3 is 2.57 bits per heavy atom. The third-order valence-corrected chi connectivity index (χ3v) is 5.39. The molecule has 124 valence electrons. The lowest BCUT2D eigenvalue weighted by Crippen LogP contribution is -2.05. The molecule has 0 amide bonds. The van der Waals surface area contributed by atoms with Crippen molar-refractivity contribution in [2.45, 2.75) is 25.3 Å². The van der Waals surface area contributed by atoms with Crippen LogP contribution in [0.25, 0.3) is 0 Å². The van der Waals surface area contributed by atoms with E-state index in [2.05, 4.69) is 5.32 Å². The molecular weight excluding hydrogens is 314 g/mol. The molecule has 0 aliphatic rings. The Bertz CT molecular complexity index is 800. The minimum atomic E-state index is -3.31. The van der Waals surface area contributed by atoms with Gasteiger partial charge < -0.3 is 15.2 Å². The number of hydrogen-bond acceptors (Lipinski definition) is 5. The van der Waals surface area contributed by atoms with Gasteiger partial charge in [0.25, 0.3) is 0 Å². The van der Waals surface area contributed by atoms with Crippen molar-refractivity contribution < 1.29 is 18.3 Å². The molecule has 2 N–H and O–H groups in total. The number of anilines is 1. The predicted octanol–water partition coefficient (Wildman–Crippen LogP) is 3.11. The number of sulfone groups is 1. The van der Waals surface area contributed by atoms with E-state index in [1.807, 2.05) is 25.1 Å². The number of ether oxygens (including phenoxy) is 1. The van der Waals surface area contributed by atoms with Crippen molar-refractivity contribution in [3.05, 3.63) is 47.5 Å². The van der Waals surface area contributed by atoms with Gasteiger partial charge in [0.1, 0.15) is 11.5 Å². The van der Waals surface area contributed by atoms with Gasteiger partial charge in [-0.25, -0.2) is 8.42 Å². The summed E-state index contributed by atoms with van der Waals surface area (Å²) in [5, 5.41) is 13.0. The lowest BCUT2D eigenvalue weighted by Gasteiger charge is -2.12. The molecule has 23 heavy (non-hydrogen) atoms. The first-order chi connectivity index (χ1) is 10.9. The summed E-state index contributed by atoms with van der Waals surface area (Å²) in [4.78, 5) is 0.196. The standard InChI is InChI=1S/C17H21NO4S/c1-4-23(20,21)14-7-8-16(19)15(10-14)18-11-13-6-5-12(2)17(9-13)22-3/h5-10,18-19H,4,11H2,1-3H3. The molecule has 2 aromatic carbocycles. The van der Waals surface area contributed by atoms with Gasteiger partial charge >= 0.3 is 0 Å². The molecule has 0 aliphatic heterocycles. The van der Waals surface area contributed by atoms with Gasteiger partial charge in [0, 0.05) is 6.54 Å². The number of aryl methyl sites for hydroxylation is 1. The maximum Gasteiger partial charge on any atom is 0.178 e. The van der Waals surface area contributed by atoms with E-state index in [1.54, 1.807) is 14.0 Å². The van der Waals surface area contributed by atoms with Crippen LogP contribution in [-0.2, 0) is 16.4 Å². The van der Waals surface area contributed by atoms with Crippen molar-refractivity contribution in [1.29, 1.82) is 0 Å². The average Bonchev–Trinajstić information content (AvgIpc) is 2.55. The van der Waals surface area contributed by atoms with Crippen LogP contribution in [0.4, 0.5) is 5.69 Å². The number of aromatic hydroxyl groups is 1. The van der Waals surface area contributed by atoms with Crippen LogP contribution in [0.5, 0.6) is 11.5 Å². The molecule has 2 aromatic rings. The molecule has 0 fully saturated rings. The molecule has 0 bridgehead atoms. The van der Waals surface area contributed by atoms with E-state index in [4.69, 9.17) is 4.74 Å². The van der Waals surface area contributed by atoms with E-state index in [1.165, 1.54) is 18.2 Å². The number of benzene rings is 2. The monoisotopic (exact) mass is 335 g/mol. The summed E-state index contributed by atoms with van der Waals surface area (Å²) in [6.07, 6.45) is 0. The minimum Gasteiger partial charge on any atom is -0.506 e. The third-order valence-electron chi connectivity index (χ3n) is 3.66. The lowest BCUT2D eigenvalue weighted by molar-refractivity contribution is 0.411. The Morgan fingerprint density at radius 1 is 1.17 bits per heavy atom. The van der Waals surface area contributed by atoms with Crippen molar-refractivity contribution in [3.8, 4) is 11.5 Å². The van der Waals surface area contributed by atoms with Gasteiger partial charge in [-0.15, -0.1) is 0 Å². The quantitative estimate of drug-likeness (QED) is 0.793. The summed E-state index contributed by atoms with van der Waals surface area (Å²) in [5.41, 5.74) is 2.39. The smallest absolute Gasteiger partial charge is 0.178 e. The second kappa shape index (κ2) is 6.91. The van der Waals surface area contributed by atoms with Gasteiger partial charge in [-0.1, -0.05) is 19.1 Å². The highest BCUT2D eigenvalue weighted by molar-refractivity contribution is 7.91. The van der Waals surface area contributed by atoms with Crippen molar-refractivity contribution in [3.63, 3.8) is 0 Å².